The Morgan fingerprint density at radius 3 is 2.10 bits per heavy atom. The minimum atomic E-state index is 0.133. The van der Waals surface area contributed by atoms with Crippen LogP contribution in [-0.2, 0) is 5.41 Å². The van der Waals surface area contributed by atoms with Crippen LogP contribution in [0, 0.1) is 0 Å². The third-order valence-electron chi connectivity index (χ3n) is 5.83. The first-order chi connectivity index (χ1) is 14.9. The summed E-state index contributed by atoms with van der Waals surface area (Å²) >= 11 is 1.77. The molecule has 160 valence electrons. The minimum Gasteiger partial charge on any atom is -0.497 e. The van der Waals surface area contributed by atoms with Gasteiger partial charge in [-0.15, -0.1) is 11.8 Å². The lowest BCUT2D eigenvalue weighted by atomic mass is 9.87. The molecule has 3 aromatic rings. The van der Waals surface area contributed by atoms with E-state index in [0.717, 1.165) is 29.1 Å². The van der Waals surface area contributed by atoms with E-state index in [9.17, 15) is 0 Å². The van der Waals surface area contributed by atoms with Crippen LogP contribution in [0.15, 0.2) is 82.8 Å². The fraction of sp³-hybridized carbons (Fsp3) is 0.296. The monoisotopic (exact) mass is 430 g/mol. The van der Waals surface area contributed by atoms with Crippen molar-refractivity contribution >= 4 is 23.2 Å². The van der Waals surface area contributed by atoms with Gasteiger partial charge in [0, 0.05) is 11.3 Å². The summed E-state index contributed by atoms with van der Waals surface area (Å²) in [6, 6.07) is 26.1. The predicted molar refractivity (Wildman–Crippen MR) is 133 cm³/mol. The maximum absolute atomic E-state index is 5.32. The van der Waals surface area contributed by atoms with E-state index in [1.807, 2.05) is 12.1 Å². The van der Waals surface area contributed by atoms with Crippen molar-refractivity contribution in [3.05, 3.63) is 89.5 Å². The van der Waals surface area contributed by atoms with Gasteiger partial charge in [-0.3, -0.25) is 5.01 Å². The van der Waals surface area contributed by atoms with Crippen molar-refractivity contribution in [2.45, 2.75) is 43.5 Å². The number of thioether (sulfide) groups is 1. The second kappa shape index (κ2) is 8.80. The molecule has 3 nitrogen and oxygen atoms in total. The van der Waals surface area contributed by atoms with Gasteiger partial charge >= 0.3 is 0 Å². The Morgan fingerprint density at radius 1 is 0.903 bits per heavy atom. The minimum absolute atomic E-state index is 0.133. The van der Waals surface area contributed by atoms with E-state index in [1.165, 1.54) is 16.0 Å². The zero-order chi connectivity index (χ0) is 22.0. The van der Waals surface area contributed by atoms with Crippen molar-refractivity contribution < 1.29 is 4.74 Å². The zero-order valence-corrected chi connectivity index (χ0v) is 19.7. The number of anilines is 1. The van der Waals surface area contributed by atoms with Crippen LogP contribution < -0.4 is 9.75 Å². The van der Waals surface area contributed by atoms with Crippen molar-refractivity contribution in [1.82, 2.24) is 0 Å². The fourth-order valence-corrected chi connectivity index (χ4v) is 4.31. The first kappa shape index (κ1) is 21.5. The van der Waals surface area contributed by atoms with Gasteiger partial charge in [-0.25, -0.2) is 0 Å². The van der Waals surface area contributed by atoms with E-state index in [-0.39, 0.29) is 11.5 Å². The van der Waals surface area contributed by atoms with Crippen LogP contribution in [0.4, 0.5) is 5.69 Å². The van der Waals surface area contributed by atoms with E-state index in [0.29, 0.717) is 0 Å². The van der Waals surface area contributed by atoms with Crippen molar-refractivity contribution in [3.63, 3.8) is 0 Å². The lowest BCUT2D eigenvalue weighted by Crippen LogP contribution is -2.19. The SMILES string of the molecule is COc1ccc(C2=NN(c3ccc(C(C)(C)C)cc3)[C@@H](c3ccc(SC)cc3)C2)cc1. The lowest BCUT2D eigenvalue weighted by molar-refractivity contribution is 0.415. The molecule has 0 saturated heterocycles. The Balaban J connectivity index is 1.70. The standard InChI is InChI=1S/C27H30N2OS/c1-27(2,3)21-10-12-22(13-11-21)29-26(20-8-16-24(31-5)17-9-20)18-25(28-29)19-6-14-23(30-4)15-7-19/h6-17,26H,18H2,1-5H3/t26-/m1/s1. The van der Waals surface area contributed by atoms with Crippen molar-refractivity contribution in [1.29, 1.82) is 0 Å². The van der Waals surface area contributed by atoms with Gasteiger partial charge < -0.3 is 4.74 Å². The van der Waals surface area contributed by atoms with Crippen molar-refractivity contribution in [2.75, 3.05) is 18.4 Å². The first-order valence-corrected chi connectivity index (χ1v) is 11.9. The number of benzene rings is 3. The van der Waals surface area contributed by atoms with Gasteiger partial charge in [0.15, 0.2) is 0 Å². The number of methoxy groups -OCH3 is 1. The molecule has 0 aromatic heterocycles. The summed E-state index contributed by atoms with van der Waals surface area (Å²) in [7, 11) is 1.69. The maximum atomic E-state index is 5.32. The highest BCUT2D eigenvalue weighted by atomic mass is 32.2. The third kappa shape index (κ3) is 4.64. The summed E-state index contributed by atoms with van der Waals surface area (Å²) in [5.41, 5.74) is 6.10. The molecule has 1 aliphatic rings. The van der Waals surface area contributed by atoms with Gasteiger partial charge in [0.05, 0.1) is 24.6 Å². The molecule has 0 unspecified atom stereocenters. The Kier molecular flexibility index (Phi) is 6.10. The van der Waals surface area contributed by atoms with Crippen molar-refractivity contribution in [3.8, 4) is 5.75 Å². The van der Waals surface area contributed by atoms with Gasteiger partial charge in [-0.05, 0) is 76.9 Å². The molecule has 0 bridgehead atoms. The molecule has 0 spiro atoms. The Bertz CT molecular complexity index is 1050. The quantitative estimate of drug-likeness (QED) is 0.405. The van der Waals surface area contributed by atoms with Crippen molar-refractivity contribution in [2.24, 2.45) is 5.10 Å². The molecule has 4 heteroatoms. The molecule has 31 heavy (non-hydrogen) atoms. The Labute approximate surface area is 190 Å². The molecular formula is C27H30N2OS. The van der Waals surface area contributed by atoms with Crippen LogP contribution in [0.3, 0.4) is 0 Å². The molecule has 1 atom stereocenters. The van der Waals surface area contributed by atoms with Crippen LogP contribution in [0.25, 0.3) is 0 Å². The van der Waals surface area contributed by atoms with Gasteiger partial charge in [-0.2, -0.15) is 5.10 Å². The van der Waals surface area contributed by atoms with E-state index in [1.54, 1.807) is 18.9 Å². The highest BCUT2D eigenvalue weighted by molar-refractivity contribution is 7.98. The molecule has 1 heterocycles. The molecule has 0 amide bonds. The number of hydrogen-bond donors (Lipinski definition) is 0. The fourth-order valence-electron chi connectivity index (χ4n) is 3.91. The molecule has 0 N–H and O–H groups in total. The zero-order valence-electron chi connectivity index (χ0n) is 18.9. The highest BCUT2D eigenvalue weighted by Crippen LogP contribution is 2.38. The summed E-state index contributed by atoms with van der Waals surface area (Å²) < 4.78 is 5.32. The van der Waals surface area contributed by atoms with Gasteiger partial charge in [-0.1, -0.05) is 45.0 Å². The average molecular weight is 431 g/mol. The van der Waals surface area contributed by atoms with E-state index in [4.69, 9.17) is 9.84 Å². The average Bonchev–Trinajstić information content (AvgIpc) is 3.24. The summed E-state index contributed by atoms with van der Waals surface area (Å²) in [6.07, 6.45) is 2.98. The maximum Gasteiger partial charge on any atom is 0.118 e. The first-order valence-electron chi connectivity index (χ1n) is 10.6. The van der Waals surface area contributed by atoms with E-state index in [2.05, 4.69) is 92.7 Å². The van der Waals surface area contributed by atoms with Crippen LogP contribution >= 0.6 is 11.8 Å². The van der Waals surface area contributed by atoms with Crippen LogP contribution in [0.1, 0.15) is 49.9 Å². The van der Waals surface area contributed by atoms with E-state index < -0.39 is 0 Å². The third-order valence-corrected chi connectivity index (χ3v) is 6.58. The van der Waals surface area contributed by atoms with Gasteiger partial charge in [0.25, 0.3) is 0 Å². The molecular weight excluding hydrogens is 400 g/mol. The molecule has 3 aromatic carbocycles. The Hall–Kier alpha value is -2.72. The van der Waals surface area contributed by atoms with Crippen LogP contribution in [0.5, 0.6) is 5.75 Å². The molecule has 0 radical (unpaired) electrons. The summed E-state index contributed by atoms with van der Waals surface area (Å²) in [6.45, 7) is 6.73. The van der Waals surface area contributed by atoms with E-state index >= 15 is 0 Å². The topological polar surface area (TPSA) is 24.8 Å². The normalized spacial score (nSPS) is 16.4. The molecule has 1 aliphatic heterocycles. The molecule has 0 saturated carbocycles. The molecule has 4 rings (SSSR count). The second-order valence-electron chi connectivity index (χ2n) is 8.91. The van der Waals surface area contributed by atoms with Crippen LogP contribution in [0.2, 0.25) is 0 Å². The molecule has 0 fully saturated rings. The van der Waals surface area contributed by atoms with Crippen LogP contribution in [-0.4, -0.2) is 19.1 Å². The summed E-state index contributed by atoms with van der Waals surface area (Å²) in [4.78, 5) is 1.28. The summed E-state index contributed by atoms with van der Waals surface area (Å²) in [5.74, 6) is 0.862. The highest BCUT2D eigenvalue weighted by Gasteiger charge is 2.30. The summed E-state index contributed by atoms with van der Waals surface area (Å²) in [5, 5.41) is 7.26. The number of ether oxygens (including phenoxy) is 1. The number of hydrogen-bond acceptors (Lipinski definition) is 4. The van der Waals surface area contributed by atoms with Gasteiger partial charge in [0.2, 0.25) is 0 Å². The predicted octanol–water partition coefficient (Wildman–Crippen LogP) is 7.07. The Morgan fingerprint density at radius 2 is 1.55 bits per heavy atom. The largest absolute Gasteiger partial charge is 0.497 e. The lowest BCUT2D eigenvalue weighted by Gasteiger charge is -2.25. The second-order valence-corrected chi connectivity index (χ2v) is 9.79. The number of nitrogens with zero attached hydrogens (tertiary/aromatic N) is 2. The smallest absolute Gasteiger partial charge is 0.118 e. The van der Waals surface area contributed by atoms with Gasteiger partial charge in [0.1, 0.15) is 5.75 Å². The number of hydrazone groups is 1. The molecule has 0 aliphatic carbocycles. The number of rotatable bonds is 5.